The minimum atomic E-state index is -0.465. The molecule has 1 aliphatic carbocycles. The van der Waals surface area contributed by atoms with Crippen molar-refractivity contribution in [2.75, 3.05) is 19.0 Å². The van der Waals surface area contributed by atoms with E-state index in [4.69, 9.17) is 20.4 Å². The number of aromatic nitrogens is 3. The van der Waals surface area contributed by atoms with E-state index in [0.29, 0.717) is 35.2 Å². The molecule has 1 fully saturated rings. The fraction of sp³-hybridized carbons (Fsp3) is 0.333. The number of nitrogens with two attached hydrogens (primary N) is 1. The largest absolute Gasteiger partial charge is 0.501 e. The Kier molecular flexibility index (Phi) is 6.11. The minimum Gasteiger partial charge on any atom is -0.501 e. The summed E-state index contributed by atoms with van der Waals surface area (Å²) >= 11 is 0. The van der Waals surface area contributed by atoms with Crippen molar-refractivity contribution in [3.63, 3.8) is 0 Å². The molecule has 1 aromatic carbocycles. The van der Waals surface area contributed by atoms with Gasteiger partial charge in [-0.15, -0.1) is 0 Å². The Morgan fingerprint density at radius 1 is 1.23 bits per heavy atom. The molecule has 1 unspecified atom stereocenters. The fourth-order valence-corrected chi connectivity index (χ4v) is 4.79. The highest BCUT2D eigenvalue weighted by molar-refractivity contribution is 5.93. The first-order chi connectivity index (χ1) is 16.9. The normalized spacial score (nSPS) is 19.9. The van der Waals surface area contributed by atoms with Crippen LogP contribution in [0, 0.1) is 6.92 Å². The molecular formula is C27H30N6O2. The smallest absolute Gasteiger partial charge is 0.248 e. The summed E-state index contributed by atoms with van der Waals surface area (Å²) in [6.45, 7) is 5.31. The number of hydrogen-bond acceptors (Lipinski definition) is 7. The van der Waals surface area contributed by atoms with Crippen molar-refractivity contribution in [2.45, 2.75) is 45.2 Å². The second kappa shape index (κ2) is 9.37. The van der Waals surface area contributed by atoms with Gasteiger partial charge in [-0.25, -0.2) is 9.97 Å². The van der Waals surface area contributed by atoms with Gasteiger partial charge in [-0.3, -0.25) is 9.78 Å². The lowest BCUT2D eigenvalue weighted by Gasteiger charge is -2.30. The second-order valence-corrected chi connectivity index (χ2v) is 9.26. The lowest BCUT2D eigenvalue weighted by molar-refractivity contribution is 0.100. The van der Waals surface area contributed by atoms with Gasteiger partial charge in [0.1, 0.15) is 5.52 Å². The van der Waals surface area contributed by atoms with E-state index in [0.717, 1.165) is 28.9 Å². The van der Waals surface area contributed by atoms with Gasteiger partial charge in [0, 0.05) is 42.0 Å². The van der Waals surface area contributed by atoms with Crippen LogP contribution in [0.5, 0.6) is 0 Å². The summed E-state index contributed by atoms with van der Waals surface area (Å²) in [5, 5.41) is 3.60. The number of pyridine rings is 1. The summed E-state index contributed by atoms with van der Waals surface area (Å²) in [5.74, 6) is 1.69. The number of nitrogens with one attached hydrogen (secondary N) is 1. The lowest BCUT2D eigenvalue weighted by atomic mass is 10.0. The summed E-state index contributed by atoms with van der Waals surface area (Å²) in [5.41, 5.74) is 10.3. The quantitative estimate of drug-likeness (QED) is 0.557. The standard InChI is InChI=1S/C27H30N6O2/c1-16-11-23-24(29-15-16)27(32-26(31-23)19-8-6-18(7-9-19)25(28)34)30-20-12-21(14-22(13-20)35-3)33-10-4-5-17(33)2/h6-9,11-12,14-15,17,20H,4-5,10,13H2,1-3H3,(H2,28,34)(H,30,31,32)/t17-,20?/m0/s1. The number of primary amides is 1. The number of anilines is 1. The van der Waals surface area contributed by atoms with E-state index in [1.165, 1.54) is 18.5 Å². The molecule has 3 heterocycles. The number of nitrogens with zero attached hydrogens (tertiary/aromatic N) is 4. The predicted molar refractivity (Wildman–Crippen MR) is 137 cm³/mol. The average molecular weight is 471 g/mol. The molecule has 3 aromatic rings. The van der Waals surface area contributed by atoms with Crippen LogP contribution in [0.15, 0.2) is 60.1 Å². The molecule has 1 saturated heterocycles. The number of methoxy groups -OCH3 is 1. The van der Waals surface area contributed by atoms with Gasteiger partial charge in [0.05, 0.1) is 24.4 Å². The molecule has 2 atom stereocenters. The highest BCUT2D eigenvalue weighted by Crippen LogP contribution is 2.31. The molecule has 35 heavy (non-hydrogen) atoms. The van der Waals surface area contributed by atoms with Crippen LogP contribution in [-0.2, 0) is 4.74 Å². The van der Waals surface area contributed by atoms with Crippen molar-refractivity contribution in [3.8, 4) is 11.4 Å². The molecule has 8 heteroatoms. The minimum absolute atomic E-state index is 0.0101. The Labute approximate surface area is 204 Å². The van der Waals surface area contributed by atoms with E-state index < -0.39 is 5.91 Å². The second-order valence-electron chi connectivity index (χ2n) is 9.26. The Morgan fingerprint density at radius 2 is 2.03 bits per heavy atom. The highest BCUT2D eigenvalue weighted by Gasteiger charge is 2.26. The Hall–Kier alpha value is -3.94. The number of allylic oxidation sites excluding steroid dienone is 1. The molecule has 0 saturated carbocycles. The molecule has 0 bridgehead atoms. The van der Waals surface area contributed by atoms with Gasteiger partial charge in [-0.1, -0.05) is 12.1 Å². The van der Waals surface area contributed by atoms with E-state index >= 15 is 0 Å². The van der Waals surface area contributed by atoms with Crippen molar-refractivity contribution in [1.29, 1.82) is 0 Å². The third-order valence-corrected chi connectivity index (χ3v) is 6.67. The molecule has 180 valence electrons. The number of ether oxygens (including phenoxy) is 1. The van der Waals surface area contributed by atoms with Crippen LogP contribution in [0.25, 0.3) is 22.4 Å². The highest BCUT2D eigenvalue weighted by atomic mass is 16.5. The van der Waals surface area contributed by atoms with Gasteiger partial charge in [0.25, 0.3) is 0 Å². The van der Waals surface area contributed by atoms with Gasteiger partial charge in [0.15, 0.2) is 11.6 Å². The maximum atomic E-state index is 11.5. The Morgan fingerprint density at radius 3 is 2.71 bits per heavy atom. The number of likely N-dealkylation sites (tertiary alicyclic amines) is 1. The summed E-state index contributed by atoms with van der Waals surface area (Å²) in [6, 6.07) is 9.51. The van der Waals surface area contributed by atoms with Crippen molar-refractivity contribution >= 4 is 22.8 Å². The molecule has 1 aliphatic heterocycles. The molecule has 8 nitrogen and oxygen atoms in total. The number of aryl methyl sites for hydroxylation is 1. The summed E-state index contributed by atoms with van der Waals surface area (Å²) in [7, 11) is 1.72. The van der Waals surface area contributed by atoms with Crippen LogP contribution < -0.4 is 11.1 Å². The third-order valence-electron chi connectivity index (χ3n) is 6.67. The van der Waals surface area contributed by atoms with Gasteiger partial charge < -0.3 is 20.7 Å². The van der Waals surface area contributed by atoms with Gasteiger partial charge in [0.2, 0.25) is 5.91 Å². The number of carbonyl (C=O) groups excluding carboxylic acids is 1. The Balaban J connectivity index is 1.53. The van der Waals surface area contributed by atoms with Crippen molar-refractivity contribution in [3.05, 3.63) is 71.3 Å². The van der Waals surface area contributed by atoms with E-state index in [2.05, 4.69) is 34.3 Å². The van der Waals surface area contributed by atoms with E-state index in [1.54, 1.807) is 19.2 Å². The summed E-state index contributed by atoms with van der Waals surface area (Å²) in [6.07, 6.45) is 9.34. The topological polar surface area (TPSA) is 106 Å². The number of fused-ring (bicyclic) bond motifs is 1. The SMILES string of the molecule is COC1=CC(N2CCC[C@@H]2C)=CC(Nc2nc(-c3ccc(C(N)=O)cc3)nc3cc(C)cnc23)C1. The van der Waals surface area contributed by atoms with Crippen LogP contribution in [0.1, 0.15) is 42.1 Å². The first-order valence-electron chi connectivity index (χ1n) is 12.0. The van der Waals surface area contributed by atoms with Crippen LogP contribution in [0.3, 0.4) is 0 Å². The van der Waals surface area contributed by atoms with E-state index in [-0.39, 0.29) is 6.04 Å². The molecule has 0 spiro atoms. The first kappa shape index (κ1) is 22.8. The number of benzene rings is 1. The number of amides is 1. The van der Waals surface area contributed by atoms with Crippen LogP contribution >= 0.6 is 0 Å². The number of rotatable bonds is 6. The predicted octanol–water partition coefficient (Wildman–Crippen LogP) is 4.18. The maximum Gasteiger partial charge on any atom is 0.248 e. The van der Waals surface area contributed by atoms with Crippen LogP contribution in [0.2, 0.25) is 0 Å². The molecule has 1 amide bonds. The Bertz CT molecular complexity index is 1330. The molecular weight excluding hydrogens is 440 g/mol. The first-order valence-corrected chi connectivity index (χ1v) is 12.0. The third kappa shape index (κ3) is 4.69. The molecule has 0 radical (unpaired) electrons. The van der Waals surface area contributed by atoms with Crippen molar-refractivity contribution in [2.24, 2.45) is 5.73 Å². The van der Waals surface area contributed by atoms with Crippen molar-refractivity contribution in [1.82, 2.24) is 19.9 Å². The average Bonchev–Trinajstić information content (AvgIpc) is 3.29. The van der Waals surface area contributed by atoms with E-state index in [9.17, 15) is 4.79 Å². The van der Waals surface area contributed by atoms with Gasteiger partial charge in [-0.05, 0) is 62.6 Å². The zero-order chi connectivity index (χ0) is 24.5. The molecule has 3 N–H and O–H groups in total. The van der Waals surface area contributed by atoms with Crippen LogP contribution in [0.4, 0.5) is 5.82 Å². The zero-order valence-electron chi connectivity index (χ0n) is 20.3. The number of hydrogen-bond donors (Lipinski definition) is 2. The van der Waals surface area contributed by atoms with Crippen molar-refractivity contribution < 1.29 is 9.53 Å². The monoisotopic (exact) mass is 470 g/mol. The van der Waals surface area contributed by atoms with Gasteiger partial charge in [-0.2, -0.15) is 0 Å². The summed E-state index contributed by atoms with van der Waals surface area (Å²) < 4.78 is 5.68. The lowest BCUT2D eigenvalue weighted by Crippen LogP contribution is -2.30. The van der Waals surface area contributed by atoms with Gasteiger partial charge >= 0.3 is 0 Å². The maximum absolute atomic E-state index is 11.5. The summed E-state index contributed by atoms with van der Waals surface area (Å²) in [4.78, 5) is 28.2. The molecule has 5 rings (SSSR count). The zero-order valence-corrected chi connectivity index (χ0v) is 20.3. The number of carbonyl (C=O) groups is 1. The van der Waals surface area contributed by atoms with Crippen LogP contribution in [-0.4, -0.2) is 51.5 Å². The van der Waals surface area contributed by atoms with E-state index in [1.807, 2.05) is 31.3 Å². The fourth-order valence-electron chi connectivity index (χ4n) is 4.79. The molecule has 2 aromatic heterocycles. The molecule has 2 aliphatic rings.